The zero-order chi connectivity index (χ0) is 16.1. The fourth-order valence-electron chi connectivity index (χ4n) is 1.85. The maximum Gasteiger partial charge on any atom is 0.0233 e. The normalized spacial score (nSPS) is 10.7. The Morgan fingerprint density at radius 1 is 0.905 bits per heavy atom. The number of hydrogen-bond acceptors (Lipinski definition) is 3. The Bertz CT molecular complexity index is 322. The number of rotatable bonds is 8. The highest BCUT2D eigenvalue weighted by Crippen LogP contribution is 2.07. The number of aryl methyl sites for hydroxylation is 1. The molecule has 1 aromatic rings. The van der Waals surface area contributed by atoms with Crippen molar-refractivity contribution in [1.82, 2.24) is 4.90 Å². The second kappa shape index (κ2) is 12.8. The molecule has 1 aromatic carbocycles. The Morgan fingerprint density at radius 2 is 1.33 bits per heavy atom. The summed E-state index contributed by atoms with van der Waals surface area (Å²) < 4.78 is 0. The first-order valence-corrected chi connectivity index (χ1v) is 8.17. The Hall–Kier alpha value is -0.900. The molecule has 4 N–H and O–H groups in total. The SMILES string of the molecule is CC(C)C.Cc1ccc(CN(CCCN)CCCN)cc1. The van der Waals surface area contributed by atoms with Gasteiger partial charge in [-0.1, -0.05) is 50.6 Å². The van der Waals surface area contributed by atoms with Crippen molar-refractivity contribution in [2.24, 2.45) is 17.4 Å². The Balaban J connectivity index is 0.000000885. The van der Waals surface area contributed by atoms with Crippen molar-refractivity contribution < 1.29 is 0 Å². The van der Waals surface area contributed by atoms with Crippen molar-refractivity contribution >= 4 is 0 Å². The van der Waals surface area contributed by atoms with Gasteiger partial charge < -0.3 is 11.5 Å². The maximum absolute atomic E-state index is 5.57. The second-order valence-corrected chi connectivity index (χ2v) is 6.28. The van der Waals surface area contributed by atoms with Crippen LogP contribution in [0, 0.1) is 12.8 Å². The van der Waals surface area contributed by atoms with E-state index in [2.05, 4.69) is 56.9 Å². The van der Waals surface area contributed by atoms with Crippen LogP contribution in [0.15, 0.2) is 24.3 Å². The van der Waals surface area contributed by atoms with Gasteiger partial charge in [-0.15, -0.1) is 0 Å². The van der Waals surface area contributed by atoms with E-state index in [1.54, 1.807) is 0 Å². The van der Waals surface area contributed by atoms with Crippen LogP contribution in [-0.2, 0) is 6.54 Å². The van der Waals surface area contributed by atoms with E-state index in [0.29, 0.717) is 0 Å². The van der Waals surface area contributed by atoms with Gasteiger partial charge in [-0.05, 0) is 57.4 Å². The van der Waals surface area contributed by atoms with E-state index in [1.807, 2.05) is 0 Å². The lowest BCUT2D eigenvalue weighted by atomic mass is 10.1. The van der Waals surface area contributed by atoms with Crippen LogP contribution in [0.25, 0.3) is 0 Å². The summed E-state index contributed by atoms with van der Waals surface area (Å²) in [7, 11) is 0. The second-order valence-electron chi connectivity index (χ2n) is 6.28. The molecule has 3 heteroatoms. The molecule has 0 radical (unpaired) electrons. The van der Waals surface area contributed by atoms with Gasteiger partial charge in [0.25, 0.3) is 0 Å². The van der Waals surface area contributed by atoms with Crippen LogP contribution in [0.1, 0.15) is 44.7 Å². The molecule has 0 atom stereocenters. The number of benzene rings is 1. The van der Waals surface area contributed by atoms with Crippen LogP contribution < -0.4 is 11.5 Å². The highest BCUT2D eigenvalue weighted by molar-refractivity contribution is 5.21. The third-order valence-corrected chi connectivity index (χ3v) is 2.88. The smallest absolute Gasteiger partial charge is 0.0233 e. The van der Waals surface area contributed by atoms with Crippen LogP contribution in [-0.4, -0.2) is 31.1 Å². The van der Waals surface area contributed by atoms with Crippen LogP contribution in [0.3, 0.4) is 0 Å². The monoisotopic (exact) mass is 293 g/mol. The van der Waals surface area contributed by atoms with E-state index in [-0.39, 0.29) is 0 Å². The molecule has 0 saturated carbocycles. The average molecular weight is 293 g/mol. The topological polar surface area (TPSA) is 55.3 Å². The van der Waals surface area contributed by atoms with Crippen LogP contribution in [0.2, 0.25) is 0 Å². The first kappa shape index (κ1) is 20.1. The van der Waals surface area contributed by atoms with Crippen LogP contribution in [0.4, 0.5) is 0 Å². The molecule has 0 spiro atoms. The zero-order valence-corrected chi connectivity index (χ0v) is 14.4. The van der Waals surface area contributed by atoms with E-state index in [9.17, 15) is 0 Å². The fraction of sp³-hybridized carbons (Fsp3) is 0.667. The van der Waals surface area contributed by atoms with Gasteiger partial charge in [0.05, 0.1) is 0 Å². The Kier molecular flexibility index (Phi) is 12.3. The first-order valence-electron chi connectivity index (χ1n) is 8.17. The lowest BCUT2D eigenvalue weighted by Gasteiger charge is -2.22. The molecule has 0 fully saturated rings. The minimum Gasteiger partial charge on any atom is -0.330 e. The molecule has 0 amide bonds. The fourth-order valence-corrected chi connectivity index (χ4v) is 1.85. The number of nitrogens with zero attached hydrogens (tertiary/aromatic N) is 1. The van der Waals surface area contributed by atoms with Crippen molar-refractivity contribution in [2.45, 2.75) is 47.1 Å². The molecule has 0 saturated heterocycles. The van der Waals surface area contributed by atoms with Gasteiger partial charge in [-0.25, -0.2) is 0 Å². The van der Waals surface area contributed by atoms with Gasteiger partial charge >= 0.3 is 0 Å². The summed E-state index contributed by atoms with van der Waals surface area (Å²) in [5, 5.41) is 0. The summed E-state index contributed by atoms with van der Waals surface area (Å²) in [4.78, 5) is 2.43. The zero-order valence-electron chi connectivity index (χ0n) is 14.4. The molecule has 3 nitrogen and oxygen atoms in total. The van der Waals surface area contributed by atoms with Crippen LogP contribution >= 0.6 is 0 Å². The molecular formula is C18H35N3. The van der Waals surface area contributed by atoms with Gasteiger partial charge in [0.15, 0.2) is 0 Å². The number of hydrogen-bond donors (Lipinski definition) is 2. The van der Waals surface area contributed by atoms with Crippen LogP contribution in [0.5, 0.6) is 0 Å². The first-order chi connectivity index (χ1) is 9.99. The van der Waals surface area contributed by atoms with E-state index >= 15 is 0 Å². The molecule has 21 heavy (non-hydrogen) atoms. The molecule has 0 aliphatic rings. The van der Waals surface area contributed by atoms with Crippen molar-refractivity contribution in [3.63, 3.8) is 0 Å². The average Bonchev–Trinajstić information content (AvgIpc) is 2.43. The lowest BCUT2D eigenvalue weighted by molar-refractivity contribution is 0.262. The Morgan fingerprint density at radius 3 is 1.71 bits per heavy atom. The molecular weight excluding hydrogens is 258 g/mol. The largest absolute Gasteiger partial charge is 0.330 e. The van der Waals surface area contributed by atoms with Gasteiger partial charge in [-0.2, -0.15) is 0 Å². The quantitative estimate of drug-likeness (QED) is 0.774. The molecule has 0 bridgehead atoms. The summed E-state index contributed by atoms with van der Waals surface area (Å²) in [6.07, 6.45) is 2.10. The van der Waals surface area contributed by atoms with Crippen molar-refractivity contribution in [1.29, 1.82) is 0 Å². The predicted octanol–water partition coefficient (Wildman–Crippen LogP) is 3.16. The lowest BCUT2D eigenvalue weighted by Crippen LogP contribution is -2.28. The van der Waals surface area contributed by atoms with E-state index in [1.165, 1.54) is 11.1 Å². The maximum atomic E-state index is 5.57. The third kappa shape index (κ3) is 12.5. The molecule has 0 unspecified atom stereocenters. The van der Waals surface area contributed by atoms with E-state index in [4.69, 9.17) is 11.5 Å². The molecule has 0 aliphatic carbocycles. The molecule has 1 rings (SSSR count). The summed E-state index contributed by atoms with van der Waals surface area (Å²) in [5.74, 6) is 0.833. The highest BCUT2D eigenvalue weighted by Gasteiger charge is 2.04. The van der Waals surface area contributed by atoms with Gasteiger partial charge in [-0.3, -0.25) is 4.90 Å². The summed E-state index contributed by atoms with van der Waals surface area (Å²) >= 11 is 0. The van der Waals surface area contributed by atoms with Gasteiger partial charge in [0.1, 0.15) is 0 Å². The summed E-state index contributed by atoms with van der Waals surface area (Å²) in [6.45, 7) is 13.2. The summed E-state index contributed by atoms with van der Waals surface area (Å²) in [5.41, 5.74) is 13.8. The van der Waals surface area contributed by atoms with E-state index in [0.717, 1.165) is 51.5 Å². The summed E-state index contributed by atoms with van der Waals surface area (Å²) in [6, 6.07) is 8.74. The molecule has 122 valence electrons. The predicted molar refractivity (Wildman–Crippen MR) is 94.3 cm³/mol. The van der Waals surface area contributed by atoms with Crippen molar-refractivity contribution in [2.75, 3.05) is 26.2 Å². The molecule has 0 aliphatic heterocycles. The standard InChI is InChI=1S/C14H25N3.C4H10/c1-13-4-6-14(7-5-13)12-17(10-2-8-15)11-3-9-16;1-4(2)3/h4-7H,2-3,8-12,15-16H2,1H3;4H,1-3H3. The van der Waals surface area contributed by atoms with Crippen molar-refractivity contribution in [3.05, 3.63) is 35.4 Å². The molecule has 0 heterocycles. The van der Waals surface area contributed by atoms with Gasteiger partial charge in [0.2, 0.25) is 0 Å². The van der Waals surface area contributed by atoms with Crippen molar-refractivity contribution in [3.8, 4) is 0 Å². The highest BCUT2D eigenvalue weighted by atomic mass is 15.1. The minimum absolute atomic E-state index is 0.757. The third-order valence-electron chi connectivity index (χ3n) is 2.88. The molecule has 0 aromatic heterocycles. The Labute approximate surface area is 131 Å². The number of nitrogens with two attached hydrogens (primary N) is 2. The van der Waals surface area contributed by atoms with Gasteiger partial charge in [0, 0.05) is 6.54 Å². The minimum atomic E-state index is 0.757. The van der Waals surface area contributed by atoms with E-state index < -0.39 is 0 Å².